The van der Waals surface area contributed by atoms with Gasteiger partial charge in [0, 0.05) is 6.42 Å². The lowest BCUT2D eigenvalue weighted by atomic mass is 9.97. The Labute approximate surface area is 602 Å². The van der Waals surface area contributed by atoms with Crippen molar-refractivity contribution in [3.63, 3.8) is 0 Å². The summed E-state index contributed by atoms with van der Waals surface area (Å²) in [6.07, 6.45) is 72.4. The van der Waals surface area contributed by atoms with Crippen LogP contribution in [0.1, 0.15) is 412 Å². The number of amides is 1. The van der Waals surface area contributed by atoms with Gasteiger partial charge in [0.2, 0.25) is 5.91 Å². The van der Waals surface area contributed by atoms with Gasteiger partial charge in [0.15, 0.2) is 12.6 Å². The van der Waals surface area contributed by atoms with Crippen LogP contribution in [0.4, 0.5) is 0 Å². The zero-order valence-corrected chi connectivity index (χ0v) is 63.8. The van der Waals surface area contributed by atoms with E-state index in [1.54, 1.807) is 0 Å². The van der Waals surface area contributed by atoms with Crippen molar-refractivity contribution in [1.29, 1.82) is 0 Å². The summed E-state index contributed by atoms with van der Waals surface area (Å²) in [4.78, 5) is 13.4. The molecule has 0 aromatic heterocycles. The fourth-order valence-corrected chi connectivity index (χ4v) is 14.5. The molecule has 2 rings (SSSR count). The van der Waals surface area contributed by atoms with Gasteiger partial charge in [-0.1, -0.05) is 385 Å². The van der Waals surface area contributed by atoms with E-state index in [0.717, 1.165) is 57.8 Å². The topological polar surface area (TPSA) is 228 Å². The predicted molar refractivity (Wildman–Crippen MR) is 406 cm³/mol. The van der Waals surface area contributed by atoms with Crippen LogP contribution in [0.15, 0.2) is 24.3 Å². The Kier molecular flexibility index (Phi) is 64.8. The first-order chi connectivity index (χ1) is 48.1. The Hall–Kier alpha value is -1.53. The molecule has 98 heavy (non-hydrogen) atoms. The number of allylic oxidation sites excluding steroid dienone is 4. The second-order valence-corrected chi connectivity index (χ2v) is 30.3. The molecule has 14 nitrogen and oxygen atoms in total. The molecule has 0 bridgehead atoms. The monoisotopic (exact) mass is 1390 g/mol. The van der Waals surface area contributed by atoms with Crippen molar-refractivity contribution in [2.75, 3.05) is 19.8 Å². The molecule has 0 aromatic rings. The number of aliphatic hydroxyl groups is 8. The molecule has 2 fully saturated rings. The quantitative estimate of drug-likeness (QED) is 0.0204. The molecule has 9 N–H and O–H groups in total. The average Bonchev–Trinajstić information content (AvgIpc) is 0.793. The Morgan fingerprint density at radius 3 is 1.02 bits per heavy atom. The van der Waals surface area contributed by atoms with Gasteiger partial charge in [-0.15, -0.1) is 0 Å². The fraction of sp³-hybridized carbons (Fsp3) is 0.940. The Bertz CT molecular complexity index is 1740. The molecule has 14 heteroatoms. The first-order valence-electron chi connectivity index (χ1n) is 42.6. The molecule has 0 radical (unpaired) electrons. The second-order valence-electron chi connectivity index (χ2n) is 30.3. The molecule has 0 saturated carbocycles. The van der Waals surface area contributed by atoms with Gasteiger partial charge in [0.25, 0.3) is 0 Å². The van der Waals surface area contributed by atoms with Crippen LogP contribution in [-0.4, -0.2) is 140 Å². The highest BCUT2D eigenvalue weighted by atomic mass is 16.7. The first-order valence-corrected chi connectivity index (χ1v) is 42.6. The van der Waals surface area contributed by atoms with Gasteiger partial charge in [-0.05, 0) is 44.9 Å². The normalized spacial score (nSPS) is 22.1. The molecule has 2 saturated heterocycles. The standard InChI is InChI=1S/C84H161NO13/c1-3-5-7-9-11-13-15-17-19-21-23-25-27-29-31-33-35-36-38-39-41-43-45-47-49-51-53-55-57-59-61-63-65-67-73(88)72(71-95-83-81(94)79(92)82(75(70-87)97-83)98-84-80(93)78(91)77(90)74(69-86)96-84)85-76(89)68-66-64-62-60-58-56-54-52-50-48-46-44-42-40-37-34-32-30-28-26-24-22-20-18-16-14-12-10-8-6-4-2/h16,18,22,24,72-75,77-84,86-88,90-94H,3-15,17,19-21,23,25-71H2,1-2H3,(H,85,89)/b18-16-,24-22-. The van der Waals surface area contributed by atoms with Crippen LogP contribution in [0.3, 0.4) is 0 Å². The van der Waals surface area contributed by atoms with Crippen molar-refractivity contribution in [3.05, 3.63) is 24.3 Å². The smallest absolute Gasteiger partial charge is 0.220 e. The van der Waals surface area contributed by atoms with Crippen LogP contribution in [0, 0.1) is 0 Å². The van der Waals surface area contributed by atoms with E-state index >= 15 is 0 Å². The maximum Gasteiger partial charge on any atom is 0.220 e. The summed E-state index contributed by atoms with van der Waals surface area (Å²) >= 11 is 0. The van der Waals surface area contributed by atoms with Crippen molar-refractivity contribution in [2.45, 2.75) is 485 Å². The summed E-state index contributed by atoms with van der Waals surface area (Å²) in [6.45, 7) is 2.93. The fourth-order valence-electron chi connectivity index (χ4n) is 14.5. The Balaban J connectivity index is 1.58. The third-order valence-electron chi connectivity index (χ3n) is 21.2. The van der Waals surface area contributed by atoms with E-state index in [2.05, 4.69) is 43.5 Å². The van der Waals surface area contributed by atoms with Gasteiger partial charge in [-0.25, -0.2) is 0 Å². The molecule has 2 aliphatic heterocycles. The third-order valence-corrected chi connectivity index (χ3v) is 21.2. The van der Waals surface area contributed by atoms with Gasteiger partial charge in [0.1, 0.15) is 48.8 Å². The second kappa shape index (κ2) is 68.6. The SMILES string of the molecule is CCCCCCC/C=C\C/C=C\CCCCCCCCCCCCCCCCCCCCCC(=O)NC(COC1OC(CO)C(OC2OC(CO)C(O)C(O)C2O)C(O)C1O)C(O)CCCCCCCCCCCCCCCCCCCCCCCCCCCCCCCCCCC. The van der Waals surface area contributed by atoms with Crippen molar-refractivity contribution < 1.29 is 64.6 Å². The van der Waals surface area contributed by atoms with Crippen molar-refractivity contribution >= 4 is 5.91 Å². The zero-order chi connectivity index (χ0) is 70.8. The number of nitrogens with one attached hydrogen (secondary N) is 1. The summed E-state index contributed by atoms with van der Waals surface area (Å²) < 4.78 is 23.0. The lowest BCUT2D eigenvalue weighted by molar-refractivity contribution is -0.359. The zero-order valence-electron chi connectivity index (χ0n) is 63.8. The number of rotatable bonds is 73. The van der Waals surface area contributed by atoms with E-state index in [1.165, 1.54) is 327 Å². The maximum atomic E-state index is 13.4. The number of unbranched alkanes of at least 4 members (excludes halogenated alkanes) is 56. The highest BCUT2D eigenvalue weighted by molar-refractivity contribution is 5.76. The molecule has 2 heterocycles. The van der Waals surface area contributed by atoms with Gasteiger partial charge < -0.3 is 65.1 Å². The van der Waals surface area contributed by atoms with E-state index in [0.29, 0.717) is 12.8 Å². The highest BCUT2D eigenvalue weighted by Gasteiger charge is 2.51. The van der Waals surface area contributed by atoms with Crippen LogP contribution < -0.4 is 5.32 Å². The highest BCUT2D eigenvalue weighted by Crippen LogP contribution is 2.31. The Morgan fingerprint density at radius 2 is 0.673 bits per heavy atom. The number of carbonyl (C=O) groups excluding carboxylic acids is 1. The minimum Gasteiger partial charge on any atom is -0.394 e. The number of carbonyl (C=O) groups is 1. The van der Waals surface area contributed by atoms with Crippen molar-refractivity contribution in [2.24, 2.45) is 0 Å². The molecular formula is C84H161NO13. The number of hydrogen-bond donors (Lipinski definition) is 9. The van der Waals surface area contributed by atoms with Crippen LogP contribution in [0.5, 0.6) is 0 Å². The number of hydrogen-bond acceptors (Lipinski definition) is 13. The lowest BCUT2D eigenvalue weighted by Crippen LogP contribution is -2.65. The maximum absolute atomic E-state index is 13.4. The van der Waals surface area contributed by atoms with E-state index < -0.39 is 86.8 Å². The minimum absolute atomic E-state index is 0.197. The third kappa shape index (κ3) is 50.8. The van der Waals surface area contributed by atoms with Crippen LogP contribution in [0.25, 0.3) is 0 Å². The summed E-state index contributed by atoms with van der Waals surface area (Å²) in [7, 11) is 0. The molecule has 1 amide bonds. The first kappa shape index (κ1) is 92.6. The lowest BCUT2D eigenvalue weighted by Gasteiger charge is -2.46. The summed E-state index contributed by atoms with van der Waals surface area (Å²) in [5, 5.41) is 88.0. The summed E-state index contributed by atoms with van der Waals surface area (Å²) in [6, 6.07) is -0.829. The van der Waals surface area contributed by atoms with Gasteiger partial charge in [0.05, 0.1) is 32.0 Å². The summed E-state index contributed by atoms with van der Waals surface area (Å²) in [5.41, 5.74) is 0. The Morgan fingerprint density at radius 1 is 0.367 bits per heavy atom. The van der Waals surface area contributed by atoms with Crippen molar-refractivity contribution in [1.82, 2.24) is 5.32 Å². The predicted octanol–water partition coefficient (Wildman–Crippen LogP) is 19.8. The largest absolute Gasteiger partial charge is 0.394 e. The molecule has 12 atom stereocenters. The van der Waals surface area contributed by atoms with E-state index in [9.17, 15) is 45.6 Å². The average molecular weight is 1390 g/mol. The van der Waals surface area contributed by atoms with Crippen LogP contribution in [-0.2, 0) is 23.7 Å². The van der Waals surface area contributed by atoms with E-state index in [4.69, 9.17) is 18.9 Å². The molecule has 580 valence electrons. The molecule has 2 aliphatic rings. The molecule has 0 aromatic carbocycles. The molecule has 12 unspecified atom stereocenters. The molecular weight excluding hydrogens is 1230 g/mol. The van der Waals surface area contributed by atoms with Crippen LogP contribution >= 0.6 is 0 Å². The number of ether oxygens (including phenoxy) is 4. The van der Waals surface area contributed by atoms with E-state index in [1.807, 2.05) is 0 Å². The van der Waals surface area contributed by atoms with Crippen molar-refractivity contribution in [3.8, 4) is 0 Å². The van der Waals surface area contributed by atoms with Gasteiger partial charge >= 0.3 is 0 Å². The number of aliphatic hydroxyl groups excluding tert-OH is 8. The summed E-state index contributed by atoms with van der Waals surface area (Å²) in [5.74, 6) is -0.197. The molecule has 0 aliphatic carbocycles. The van der Waals surface area contributed by atoms with Gasteiger partial charge in [-0.2, -0.15) is 0 Å². The van der Waals surface area contributed by atoms with Crippen LogP contribution in [0.2, 0.25) is 0 Å². The van der Waals surface area contributed by atoms with E-state index in [-0.39, 0.29) is 12.5 Å². The molecule has 0 spiro atoms. The van der Waals surface area contributed by atoms with Gasteiger partial charge in [-0.3, -0.25) is 4.79 Å². The minimum atomic E-state index is -1.78.